The lowest BCUT2D eigenvalue weighted by molar-refractivity contribution is -0.154. The van der Waals surface area contributed by atoms with Crippen molar-refractivity contribution in [2.24, 2.45) is 0 Å². The van der Waals surface area contributed by atoms with Crippen LogP contribution in [-0.4, -0.2) is 88.0 Å². The van der Waals surface area contributed by atoms with Crippen molar-refractivity contribution in [3.63, 3.8) is 0 Å². The highest BCUT2D eigenvalue weighted by atomic mass is 16.7. The number of ether oxygens (including phenoxy) is 9. The van der Waals surface area contributed by atoms with Crippen LogP contribution in [-0.2, 0) is 47.4 Å². The number of allylic oxidation sites excluding steroid dienone is 1. The van der Waals surface area contributed by atoms with Gasteiger partial charge in [-0.1, -0.05) is 24.3 Å². The second-order valence-electron chi connectivity index (χ2n) is 18.1. The predicted molar refractivity (Wildman–Crippen MR) is 231 cm³/mol. The molecule has 0 N–H and O–H groups in total. The maximum Gasteiger partial charge on any atom is 0.510 e. The third-order valence-corrected chi connectivity index (χ3v) is 7.86. The van der Waals surface area contributed by atoms with Crippen LogP contribution in [0.4, 0.5) is 4.79 Å². The van der Waals surface area contributed by atoms with E-state index in [0.717, 1.165) is 9.80 Å². The number of hydrogen-bond donors (Lipinski definition) is 0. The molecule has 0 fully saturated rings. The first-order valence-electron chi connectivity index (χ1n) is 20.2. The molecule has 17 heteroatoms. The zero-order valence-electron chi connectivity index (χ0n) is 38.7. The summed E-state index contributed by atoms with van der Waals surface area (Å²) in [6, 6.07) is 13.3. The van der Waals surface area contributed by atoms with Gasteiger partial charge in [-0.2, -0.15) is 0 Å². The first kappa shape index (κ1) is 51.9. The van der Waals surface area contributed by atoms with E-state index >= 15 is 0 Å². The highest BCUT2D eigenvalue weighted by Crippen LogP contribution is 2.25. The van der Waals surface area contributed by atoms with Crippen LogP contribution in [0.15, 0.2) is 97.6 Å². The summed E-state index contributed by atoms with van der Waals surface area (Å²) in [5, 5.41) is 0. The minimum absolute atomic E-state index is 0.00412. The van der Waals surface area contributed by atoms with Gasteiger partial charge in [-0.15, -0.1) is 0 Å². The number of amides is 4. The third-order valence-electron chi connectivity index (χ3n) is 7.86. The maximum absolute atomic E-state index is 12.0. The van der Waals surface area contributed by atoms with Crippen molar-refractivity contribution in [1.82, 2.24) is 9.80 Å². The molecular weight excluding hydrogens is 833 g/mol. The lowest BCUT2D eigenvalue weighted by Gasteiger charge is -2.23. The van der Waals surface area contributed by atoms with Crippen LogP contribution in [0, 0.1) is 0 Å². The van der Waals surface area contributed by atoms with Crippen LogP contribution in [0.2, 0.25) is 0 Å². The van der Waals surface area contributed by atoms with Gasteiger partial charge in [0.1, 0.15) is 42.8 Å². The Hall–Kier alpha value is -6.46. The zero-order chi connectivity index (χ0) is 48.2. The van der Waals surface area contributed by atoms with Crippen molar-refractivity contribution in [2.75, 3.05) is 20.1 Å². The Balaban J connectivity index is 0.000000231. The third kappa shape index (κ3) is 17.4. The molecule has 64 heavy (non-hydrogen) atoms. The standard InChI is InChI=1S/C14H15NO5.C13H15NO3.C11H16O4.C9H14O3/c1-14(2,3)20-13(18)19-8-15-11(16)9-6-4-5-7-10(9)12(15)17;1-13(2,3)17-8-14-11(15)9-6-4-5-7-10(9)12(14)16;1-8-13-7-9(14-8)5-6-10(12)15-11(2,3)4;1-7-10-5-8(12-7)6-11-9(2,3)4/h4-7H,8H2,1-3H3;4-7H,8H2,1-3H3;7H,1,5-6H2,2-4H3;5H,1,6H2,2-4H3. The molecule has 0 saturated heterocycles. The van der Waals surface area contributed by atoms with Crippen molar-refractivity contribution < 1.29 is 71.4 Å². The summed E-state index contributed by atoms with van der Waals surface area (Å²) in [7, 11) is 0. The fourth-order valence-electron chi connectivity index (χ4n) is 5.10. The van der Waals surface area contributed by atoms with Gasteiger partial charge in [0.15, 0.2) is 12.5 Å². The van der Waals surface area contributed by atoms with Gasteiger partial charge < -0.3 is 42.6 Å². The Morgan fingerprint density at radius 3 is 1.30 bits per heavy atom. The van der Waals surface area contributed by atoms with Gasteiger partial charge in [0.2, 0.25) is 0 Å². The summed E-state index contributed by atoms with van der Waals surface area (Å²) in [6.45, 7) is 29.1. The van der Waals surface area contributed by atoms with E-state index in [1.807, 2.05) is 62.3 Å². The highest BCUT2D eigenvalue weighted by Gasteiger charge is 2.37. The molecule has 4 amide bonds. The average molecular weight is 893 g/mol. The molecular formula is C47H60N2O15. The van der Waals surface area contributed by atoms with Crippen LogP contribution < -0.4 is 0 Å². The molecule has 6 rings (SSSR count). The van der Waals surface area contributed by atoms with Crippen LogP contribution in [0.1, 0.15) is 137 Å². The normalized spacial score (nSPS) is 15.3. The SMILES string of the molecule is C=C1OC=C(CCC(=O)OC(C)(C)C)O1.C=C1OC=C(COC(C)(C)C)O1.CC(C)(C)OC(=O)OCN1C(=O)c2ccccc2C1=O.CC(C)(C)OCN1C(=O)c2ccccc2C1=O. The summed E-state index contributed by atoms with van der Waals surface area (Å²) in [5.74, 6) is 0.0509. The van der Waals surface area contributed by atoms with Crippen molar-refractivity contribution in [2.45, 2.75) is 118 Å². The summed E-state index contributed by atoms with van der Waals surface area (Å²) >= 11 is 0. The van der Waals surface area contributed by atoms with E-state index in [2.05, 4.69) is 13.2 Å². The smallest absolute Gasteiger partial charge is 0.460 e. The van der Waals surface area contributed by atoms with E-state index < -0.39 is 35.9 Å². The summed E-state index contributed by atoms with van der Waals surface area (Å²) in [4.78, 5) is 72.6. The molecule has 2 aromatic rings. The molecule has 0 spiro atoms. The molecule has 2 aromatic carbocycles. The number of imide groups is 2. The van der Waals surface area contributed by atoms with Crippen LogP contribution in [0.5, 0.6) is 0 Å². The van der Waals surface area contributed by atoms with Gasteiger partial charge in [0.05, 0.1) is 39.9 Å². The molecule has 0 aromatic heterocycles. The van der Waals surface area contributed by atoms with E-state index in [1.54, 1.807) is 69.3 Å². The van der Waals surface area contributed by atoms with Crippen molar-refractivity contribution >= 4 is 35.8 Å². The number of carbonyl (C=O) groups is 6. The Morgan fingerprint density at radius 1 is 0.547 bits per heavy atom. The second kappa shape index (κ2) is 21.8. The molecule has 0 bridgehead atoms. The summed E-state index contributed by atoms with van der Waals surface area (Å²) < 4.78 is 45.7. The van der Waals surface area contributed by atoms with Gasteiger partial charge in [-0.05, 0) is 121 Å². The van der Waals surface area contributed by atoms with Crippen LogP contribution in [0.25, 0.3) is 0 Å². The van der Waals surface area contributed by atoms with Crippen molar-refractivity contribution in [3.05, 3.63) is 120 Å². The maximum atomic E-state index is 12.0. The van der Waals surface area contributed by atoms with Gasteiger partial charge in [0, 0.05) is 6.42 Å². The topological polar surface area (TPSA) is 192 Å². The lowest BCUT2D eigenvalue weighted by atomic mass is 10.1. The van der Waals surface area contributed by atoms with E-state index in [9.17, 15) is 28.8 Å². The number of carbonyl (C=O) groups excluding carboxylic acids is 6. The first-order chi connectivity index (χ1) is 29.5. The molecule has 0 radical (unpaired) electrons. The molecule has 4 heterocycles. The molecule has 0 saturated carbocycles. The number of hydrogen-bond acceptors (Lipinski definition) is 15. The number of nitrogens with zero attached hydrogens (tertiary/aromatic N) is 2. The predicted octanol–water partition coefficient (Wildman–Crippen LogP) is 8.88. The van der Waals surface area contributed by atoms with Gasteiger partial charge in [-0.25, -0.2) is 14.6 Å². The van der Waals surface area contributed by atoms with Crippen molar-refractivity contribution in [1.29, 1.82) is 0 Å². The van der Waals surface area contributed by atoms with E-state index in [-0.39, 0.29) is 48.1 Å². The highest BCUT2D eigenvalue weighted by molar-refractivity contribution is 6.22. The molecule has 0 aliphatic carbocycles. The lowest BCUT2D eigenvalue weighted by Crippen LogP contribution is -2.36. The Bertz CT molecular complexity index is 2070. The molecule has 0 unspecified atom stereocenters. The van der Waals surface area contributed by atoms with Crippen LogP contribution >= 0.6 is 0 Å². The van der Waals surface area contributed by atoms with Gasteiger partial charge >= 0.3 is 12.1 Å². The molecule has 0 atom stereocenters. The minimum atomic E-state index is -0.922. The van der Waals surface area contributed by atoms with Crippen molar-refractivity contribution in [3.8, 4) is 0 Å². The van der Waals surface area contributed by atoms with E-state index in [1.165, 1.54) is 12.5 Å². The molecule has 17 nitrogen and oxygen atoms in total. The summed E-state index contributed by atoms with van der Waals surface area (Å²) in [5.41, 5.74) is -0.148. The molecule has 348 valence electrons. The van der Waals surface area contributed by atoms with E-state index in [4.69, 9.17) is 42.6 Å². The quantitative estimate of drug-likeness (QED) is 0.171. The average Bonchev–Trinajstić information content (AvgIpc) is 3.92. The number of fused-ring (bicyclic) bond motifs is 2. The fourth-order valence-corrected chi connectivity index (χ4v) is 5.10. The van der Waals surface area contributed by atoms with E-state index in [0.29, 0.717) is 52.7 Å². The van der Waals surface area contributed by atoms with Crippen LogP contribution in [0.3, 0.4) is 0 Å². The summed E-state index contributed by atoms with van der Waals surface area (Å²) in [6.07, 6.45) is 2.78. The molecule has 4 aliphatic rings. The first-order valence-corrected chi connectivity index (χ1v) is 20.2. The Kier molecular flexibility index (Phi) is 17.6. The Morgan fingerprint density at radius 2 is 0.938 bits per heavy atom. The minimum Gasteiger partial charge on any atom is -0.460 e. The monoisotopic (exact) mass is 892 g/mol. The van der Waals surface area contributed by atoms with Gasteiger partial charge in [0.25, 0.3) is 35.5 Å². The number of benzene rings is 2. The fraction of sp³-hybridized carbons (Fsp3) is 0.447. The Labute approximate surface area is 374 Å². The number of rotatable bonds is 9. The van der Waals surface area contributed by atoms with Gasteiger partial charge in [-0.3, -0.25) is 24.0 Å². The second-order valence-corrected chi connectivity index (χ2v) is 18.1. The zero-order valence-corrected chi connectivity index (χ0v) is 38.7. The molecule has 4 aliphatic heterocycles. The number of esters is 1. The largest absolute Gasteiger partial charge is 0.510 e.